The molecular weight excluding hydrogens is 1540 g/mol. The van der Waals surface area contributed by atoms with Gasteiger partial charge in [0.1, 0.15) is 245 Å². The molecule has 51 nitrogen and oxygen atoms in total. The molecule has 10 fully saturated rings. The van der Waals surface area contributed by atoms with E-state index in [9.17, 15) is 163 Å². The highest BCUT2D eigenvalue weighted by Gasteiger charge is 2.64. The minimum Gasteiger partial charge on any atom is -0.394 e. The summed E-state index contributed by atoms with van der Waals surface area (Å²) >= 11 is 0. The number of hydrogen-bond acceptors (Lipinski definition) is 51. The molecule has 32 N–H and O–H groups in total. The number of aliphatic hydroxyl groups excluding tert-OH is 32. The zero-order chi connectivity index (χ0) is 81.4. The molecule has 10 rings (SSSR count). The van der Waals surface area contributed by atoms with Crippen LogP contribution < -0.4 is 0 Å². The largest absolute Gasteiger partial charge is 0.394 e. The van der Waals surface area contributed by atoms with Gasteiger partial charge in [-0.05, 0) is 0 Å². The summed E-state index contributed by atoms with van der Waals surface area (Å²) in [6.45, 7) is -12.8. The first-order valence-corrected chi connectivity index (χ1v) is 35.2. The number of aliphatic hydroxyl groups is 32. The van der Waals surface area contributed by atoms with E-state index in [4.69, 9.17) is 90.0 Å². The Morgan fingerprint density at radius 1 is 0.180 bits per heavy atom. The van der Waals surface area contributed by atoms with Gasteiger partial charge in [-0.1, -0.05) is 0 Å². The Labute approximate surface area is 625 Å². The normalized spacial score (nSPS) is 53.6. The molecule has 0 bridgehead atoms. The number of hydrogen-bond donors (Lipinski definition) is 32. The first kappa shape index (κ1) is 91.3. The molecule has 648 valence electrons. The van der Waals surface area contributed by atoms with Crippen LogP contribution in [0.25, 0.3) is 0 Å². The monoisotopic (exact) mass is 1640 g/mol. The molecule has 10 aliphatic heterocycles. The fraction of sp³-hybridized carbons (Fsp3) is 1.00. The summed E-state index contributed by atoms with van der Waals surface area (Å²) in [6, 6.07) is 0. The van der Waals surface area contributed by atoms with Crippen molar-refractivity contribution in [2.24, 2.45) is 0 Å². The Morgan fingerprint density at radius 3 is 0.541 bits per heavy atom. The Balaban J connectivity index is 0.955. The maximum atomic E-state index is 12.0. The van der Waals surface area contributed by atoms with Gasteiger partial charge in [-0.25, -0.2) is 0 Å². The summed E-state index contributed by atoms with van der Waals surface area (Å²) in [7, 11) is 0. The van der Waals surface area contributed by atoms with Gasteiger partial charge in [-0.2, -0.15) is 0 Å². The van der Waals surface area contributed by atoms with Crippen molar-refractivity contribution in [2.75, 3.05) is 72.7 Å². The van der Waals surface area contributed by atoms with Crippen molar-refractivity contribution in [1.82, 2.24) is 0 Å². The molecule has 49 atom stereocenters. The van der Waals surface area contributed by atoms with E-state index in [1.54, 1.807) is 0 Å². The molecule has 0 amide bonds. The zero-order valence-electron chi connectivity index (χ0n) is 58.1. The molecule has 0 saturated carbocycles. The van der Waals surface area contributed by atoms with Gasteiger partial charge in [0.05, 0.1) is 66.1 Å². The van der Waals surface area contributed by atoms with Gasteiger partial charge in [-0.3, -0.25) is 0 Å². The van der Waals surface area contributed by atoms with Crippen LogP contribution >= 0.6 is 0 Å². The van der Waals surface area contributed by atoms with Gasteiger partial charge >= 0.3 is 0 Å². The SMILES string of the molecule is OC[C@H]1O[C@@](CO)(O[C@H]2O[C@H](CO)[C@@H](O)[C@H](O)[C@H]2OC2O[C@H](CO)[C@@H](O)[C@H](O)[C@H]2O[C@H]2O[C@H](CO)[C@@H](O)[C@H](O)[C@H]2O[C@H]2O[C@H](CO)[C@@H](O)[C@H](O)[C@H]2O[C@H]2O[C@H](CO)[C@@H](O)[C@H](O)[C@H]2O[C@H]2O[C@H](CO)[C@@H](O)[C@H](O)[C@H]2O[C@H]2O[C@H](CO)[C@@H](O)[C@H](O)[C@H]2O[C@H]2O[C@H](CO)[C@@H](O)[C@H](O)[C@H]2O[C@H]2O[C@H](CO)[C@@H](O)[C@H](O)[C@H]2O)[C@@H](O)[C@@H]1O. The van der Waals surface area contributed by atoms with E-state index >= 15 is 0 Å². The van der Waals surface area contributed by atoms with Crippen LogP contribution in [0, 0.1) is 0 Å². The van der Waals surface area contributed by atoms with Crippen LogP contribution in [0.1, 0.15) is 0 Å². The topological polar surface area (TPSA) is 823 Å². The minimum absolute atomic E-state index is 0.990. The molecule has 0 aromatic rings. The van der Waals surface area contributed by atoms with Crippen molar-refractivity contribution >= 4 is 0 Å². The van der Waals surface area contributed by atoms with Crippen molar-refractivity contribution in [3.05, 3.63) is 0 Å². The van der Waals surface area contributed by atoms with E-state index in [2.05, 4.69) is 0 Å². The van der Waals surface area contributed by atoms with Crippen LogP contribution in [0.15, 0.2) is 0 Å². The van der Waals surface area contributed by atoms with Crippen LogP contribution in [-0.2, 0) is 90.0 Å². The fourth-order valence-corrected chi connectivity index (χ4v) is 14.4. The summed E-state index contributed by atoms with van der Waals surface area (Å²) < 4.78 is 111. The molecule has 10 heterocycles. The second-order valence-electron chi connectivity index (χ2n) is 28.0. The molecule has 0 aromatic heterocycles. The van der Waals surface area contributed by atoms with Crippen molar-refractivity contribution in [3.8, 4) is 0 Å². The summed E-state index contributed by atoms with van der Waals surface area (Å²) in [4.78, 5) is 0. The van der Waals surface area contributed by atoms with Gasteiger partial charge < -0.3 is 253 Å². The molecule has 51 heteroatoms. The van der Waals surface area contributed by atoms with Gasteiger partial charge in [0.2, 0.25) is 5.79 Å². The third kappa shape index (κ3) is 18.4. The van der Waals surface area contributed by atoms with E-state index in [1.807, 2.05) is 0 Å². The average molecular weight is 1640 g/mol. The molecule has 0 spiro atoms. The van der Waals surface area contributed by atoms with Crippen LogP contribution in [0.4, 0.5) is 0 Å². The van der Waals surface area contributed by atoms with E-state index in [1.165, 1.54) is 0 Å². The smallest absolute Gasteiger partial charge is 0.224 e. The quantitative estimate of drug-likeness (QED) is 0.0331. The maximum Gasteiger partial charge on any atom is 0.224 e. The van der Waals surface area contributed by atoms with Gasteiger partial charge in [0.25, 0.3) is 0 Å². The first-order valence-electron chi connectivity index (χ1n) is 35.2. The molecule has 0 radical (unpaired) electrons. The summed E-state index contributed by atoms with van der Waals surface area (Å²) in [5.74, 6) is -2.78. The van der Waals surface area contributed by atoms with Crippen molar-refractivity contribution in [2.45, 2.75) is 300 Å². The maximum absolute atomic E-state index is 12.0. The molecule has 111 heavy (non-hydrogen) atoms. The van der Waals surface area contributed by atoms with Crippen molar-refractivity contribution in [1.29, 1.82) is 0 Å². The Morgan fingerprint density at radius 2 is 0.351 bits per heavy atom. The lowest BCUT2D eigenvalue weighted by Gasteiger charge is -2.51. The second kappa shape index (κ2) is 39.0. The Hall–Kier alpha value is -2.04. The second-order valence-corrected chi connectivity index (χ2v) is 28.0. The predicted molar refractivity (Wildman–Crippen MR) is 330 cm³/mol. The minimum atomic E-state index is -2.78. The standard InChI is InChI=1S/C60H102O51/c61-1-12-22(72)32(82)41(91)51(93-12)102-42-33(83)23(73)13(2-62)94-52(42)103-43-34(84)24(74)14(3-63)95-53(43)104-44-35(85)25(75)15(4-64)96-54(44)105-45-36(86)26(76)16(5-65)97-55(45)106-46-37(87)27(77)17(6-66)98-56(46)107-47-38(88)28(78)18(7-67)99-57(47)108-48-39(89)29(79)19(8-68)100-58(48)109-49-40(90)30(80)20(9-69)101-59(49)111-60(11-71)50(92)31(81)21(10-70)110-60/h12-59,61-92H,1-11H2/t12-,13-,14-,15-,16-,17-,18-,19-,20-,21-,22-,23-,24-,25-,26-,27-,28-,29-,30-,31-,32+,33+,34+,35+,36+,37+,38+,39+,40+,41-,42-,43-,44-,45-,46-,47-,48-,49-,50+,51-,52-,53-,54-,55-,56-,57-,58?,59-,60+/m1/s1. The highest BCUT2D eigenvalue weighted by molar-refractivity contribution is 5.04. The van der Waals surface area contributed by atoms with Gasteiger partial charge in [0, 0.05) is 0 Å². The molecule has 0 aromatic carbocycles. The van der Waals surface area contributed by atoms with Crippen LogP contribution in [-0.4, -0.2) is 537 Å². The number of rotatable bonds is 29. The lowest BCUT2D eigenvalue weighted by atomic mass is 9.95. The van der Waals surface area contributed by atoms with Crippen LogP contribution in [0.2, 0.25) is 0 Å². The predicted octanol–water partition coefficient (Wildman–Crippen LogP) is -22.8. The van der Waals surface area contributed by atoms with Crippen molar-refractivity contribution in [3.63, 3.8) is 0 Å². The highest BCUT2D eigenvalue weighted by atomic mass is 16.8. The zero-order valence-corrected chi connectivity index (χ0v) is 58.1. The Bertz CT molecular complexity index is 2810. The fourth-order valence-electron chi connectivity index (χ4n) is 14.4. The summed E-state index contributed by atoms with van der Waals surface area (Å²) in [5.41, 5.74) is 0. The highest BCUT2D eigenvalue weighted by Crippen LogP contribution is 2.43. The average Bonchev–Trinajstić information content (AvgIpc) is 1.75. The van der Waals surface area contributed by atoms with E-state index in [-0.39, 0.29) is 0 Å². The van der Waals surface area contributed by atoms with Crippen molar-refractivity contribution < 1.29 is 253 Å². The third-order valence-corrected chi connectivity index (χ3v) is 21.0. The van der Waals surface area contributed by atoms with Gasteiger partial charge in [-0.15, -0.1) is 0 Å². The van der Waals surface area contributed by atoms with E-state index in [0.717, 1.165) is 0 Å². The third-order valence-electron chi connectivity index (χ3n) is 21.0. The van der Waals surface area contributed by atoms with Gasteiger partial charge in [0.15, 0.2) is 56.6 Å². The summed E-state index contributed by atoms with van der Waals surface area (Å²) in [6.07, 6.45) is -107. The summed E-state index contributed by atoms with van der Waals surface area (Å²) in [5, 5.41) is 352. The first-order chi connectivity index (χ1) is 52.7. The van der Waals surface area contributed by atoms with Crippen LogP contribution in [0.3, 0.4) is 0 Å². The molecule has 10 saturated heterocycles. The van der Waals surface area contributed by atoms with E-state index < -0.39 is 373 Å². The molecule has 1 unspecified atom stereocenters. The van der Waals surface area contributed by atoms with E-state index in [0.29, 0.717) is 0 Å². The lowest BCUT2D eigenvalue weighted by Crippen LogP contribution is -2.69. The number of ether oxygens (including phenoxy) is 19. The molecule has 0 aliphatic carbocycles. The lowest BCUT2D eigenvalue weighted by molar-refractivity contribution is -0.427. The van der Waals surface area contributed by atoms with Crippen LogP contribution in [0.5, 0.6) is 0 Å². The molecule has 10 aliphatic rings. The Kier molecular flexibility index (Phi) is 32.1. The molecular formula is C60H102O51.